The fourth-order valence-corrected chi connectivity index (χ4v) is 1.54. The van der Waals surface area contributed by atoms with Crippen LogP contribution >= 0.6 is 0 Å². The summed E-state index contributed by atoms with van der Waals surface area (Å²) in [6, 6.07) is 0. The van der Waals surface area contributed by atoms with E-state index in [9.17, 15) is 0 Å². The van der Waals surface area contributed by atoms with Crippen LogP contribution in [-0.4, -0.2) is 23.2 Å². The van der Waals surface area contributed by atoms with Crippen molar-refractivity contribution in [3.63, 3.8) is 0 Å². The number of nitrogens with one attached hydrogen (secondary N) is 1. The number of hydrogen-bond donors (Lipinski definition) is 1. The molecule has 2 rings (SSSR count). The molecule has 66 valence electrons. The minimum atomic E-state index is 0.431. The first-order valence-electron chi connectivity index (χ1n) is 4.37. The summed E-state index contributed by atoms with van der Waals surface area (Å²) in [5.74, 6) is 1.95. The average Bonchev–Trinajstić information content (AvgIpc) is 2.54. The zero-order chi connectivity index (χ0) is 8.39. The Kier molecular flexibility index (Phi) is 2.08. The summed E-state index contributed by atoms with van der Waals surface area (Å²) in [6.45, 7) is 3.94. The Morgan fingerprint density at radius 1 is 1.58 bits per heavy atom. The Morgan fingerprint density at radius 2 is 2.50 bits per heavy atom. The first-order chi connectivity index (χ1) is 5.86. The van der Waals surface area contributed by atoms with E-state index in [1.54, 1.807) is 0 Å². The van der Waals surface area contributed by atoms with Gasteiger partial charge in [-0.15, -0.1) is 0 Å². The van der Waals surface area contributed by atoms with Crippen LogP contribution in [0.4, 0.5) is 0 Å². The summed E-state index contributed by atoms with van der Waals surface area (Å²) in [5, 5.41) is 7.09. The van der Waals surface area contributed by atoms with Crippen LogP contribution in [0, 0.1) is 6.92 Å². The molecule has 1 aromatic heterocycles. The van der Waals surface area contributed by atoms with Crippen LogP contribution in [0.1, 0.15) is 30.5 Å². The van der Waals surface area contributed by atoms with Crippen molar-refractivity contribution in [1.82, 2.24) is 15.5 Å². The molecule has 1 fully saturated rings. The molecule has 0 amide bonds. The van der Waals surface area contributed by atoms with E-state index in [1.807, 2.05) is 6.92 Å². The first kappa shape index (κ1) is 7.73. The Hall–Kier alpha value is -0.900. The molecule has 1 aromatic rings. The van der Waals surface area contributed by atoms with E-state index in [0.29, 0.717) is 5.92 Å². The highest BCUT2D eigenvalue weighted by atomic mass is 16.5. The standard InChI is InChI=1S/C8H13N3O/c1-6-10-8(12-11-6)7-3-2-4-9-5-7/h7,9H,2-5H2,1H3/t7-/m1/s1. The molecule has 0 spiro atoms. The summed E-state index contributed by atoms with van der Waals surface area (Å²) in [5.41, 5.74) is 0. The molecule has 2 heterocycles. The van der Waals surface area contributed by atoms with Crippen LogP contribution < -0.4 is 5.32 Å². The van der Waals surface area contributed by atoms with E-state index in [0.717, 1.165) is 31.2 Å². The second-order valence-electron chi connectivity index (χ2n) is 3.22. The number of hydrogen-bond acceptors (Lipinski definition) is 4. The molecule has 0 unspecified atom stereocenters. The lowest BCUT2D eigenvalue weighted by Gasteiger charge is -2.18. The van der Waals surface area contributed by atoms with Gasteiger partial charge < -0.3 is 9.84 Å². The van der Waals surface area contributed by atoms with E-state index in [-0.39, 0.29) is 0 Å². The predicted molar refractivity (Wildman–Crippen MR) is 43.9 cm³/mol. The summed E-state index contributed by atoms with van der Waals surface area (Å²) in [4.78, 5) is 4.22. The summed E-state index contributed by atoms with van der Waals surface area (Å²) in [6.07, 6.45) is 2.36. The van der Waals surface area contributed by atoms with Crippen molar-refractivity contribution in [2.24, 2.45) is 0 Å². The summed E-state index contributed by atoms with van der Waals surface area (Å²) < 4.78 is 5.10. The number of aromatic nitrogens is 2. The van der Waals surface area contributed by atoms with Gasteiger partial charge in [-0.05, 0) is 26.3 Å². The van der Waals surface area contributed by atoms with E-state index in [2.05, 4.69) is 15.5 Å². The molecule has 1 aliphatic heterocycles. The second kappa shape index (κ2) is 3.23. The molecule has 1 aliphatic rings. The van der Waals surface area contributed by atoms with Gasteiger partial charge in [0.1, 0.15) is 0 Å². The molecule has 0 bridgehead atoms. The lowest BCUT2D eigenvalue weighted by Crippen LogP contribution is -2.28. The summed E-state index contributed by atoms with van der Waals surface area (Å²) in [7, 11) is 0. The minimum absolute atomic E-state index is 0.431. The largest absolute Gasteiger partial charge is 0.339 e. The van der Waals surface area contributed by atoms with Gasteiger partial charge in [-0.3, -0.25) is 0 Å². The molecule has 0 aromatic carbocycles. The van der Waals surface area contributed by atoms with Crippen molar-refractivity contribution in [3.05, 3.63) is 11.7 Å². The van der Waals surface area contributed by atoms with Gasteiger partial charge in [0.15, 0.2) is 5.82 Å². The zero-order valence-electron chi connectivity index (χ0n) is 7.21. The van der Waals surface area contributed by atoms with Crippen LogP contribution in [0.15, 0.2) is 4.52 Å². The van der Waals surface area contributed by atoms with Gasteiger partial charge >= 0.3 is 0 Å². The molecule has 0 saturated carbocycles. The van der Waals surface area contributed by atoms with Crippen LogP contribution in [0.5, 0.6) is 0 Å². The number of piperidine rings is 1. The molecule has 0 radical (unpaired) electrons. The quantitative estimate of drug-likeness (QED) is 0.673. The highest BCUT2D eigenvalue weighted by Crippen LogP contribution is 2.20. The average molecular weight is 167 g/mol. The Morgan fingerprint density at radius 3 is 3.08 bits per heavy atom. The number of nitrogens with zero attached hydrogens (tertiary/aromatic N) is 2. The zero-order valence-corrected chi connectivity index (χ0v) is 7.21. The first-order valence-corrected chi connectivity index (χ1v) is 4.37. The van der Waals surface area contributed by atoms with Gasteiger partial charge in [-0.25, -0.2) is 0 Å². The predicted octanol–water partition coefficient (Wildman–Crippen LogP) is 0.845. The Balaban J connectivity index is 2.08. The highest BCUT2D eigenvalue weighted by molar-refractivity contribution is 4.95. The van der Waals surface area contributed by atoms with Crippen molar-refractivity contribution in [1.29, 1.82) is 0 Å². The maximum absolute atomic E-state index is 5.10. The third-order valence-electron chi connectivity index (χ3n) is 2.19. The van der Waals surface area contributed by atoms with Crippen molar-refractivity contribution < 1.29 is 4.52 Å². The van der Waals surface area contributed by atoms with Crippen molar-refractivity contribution in [3.8, 4) is 0 Å². The maximum Gasteiger partial charge on any atom is 0.231 e. The van der Waals surface area contributed by atoms with E-state index >= 15 is 0 Å². The number of rotatable bonds is 1. The normalized spacial score (nSPS) is 24.2. The Labute approximate surface area is 71.4 Å². The highest BCUT2D eigenvalue weighted by Gasteiger charge is 2.20. The SMILES string of the molecule is Cc1noc([C@@H]2CCCNC2)n1. The summed E-state index contributed by atoms with van der Waals surface area (Å²) >= 11 is 0. The van der Waals surface area contributed by atoms with Crippen LogP contribution in [0.2, 0.25) is 0 Å². The maximum atomic E-state index is 5.10. The third kappa shape index (κ3) is 1.48. The van der Waals surface area contributed by atoms with Gasteiger partial charge in [0.2, 0.25) is 5.89 Å². The van der Waals surface area contributed by atoms with Crippen LogP contribution in [0.25, 0.3) is 0 Å². The molecule has 12 heavy (non-hydrogen) atoms. The van der Waals surface area contributed by atoms with Gasteiger partial charge in [-0.1, -0.05) is 5.16 Å². The van der Waals surface area contributed by atoms with Gasteiger partial charge in [-0.2, -0.15) is 4.98 Å². The van der Waals surface area contributed by atoms with E-state index < -0.39 is 0 Å². The van der Waals surface area contributed by atoms with Crippen molar-refractivity contribution in [2.75, 3.05) is 13.1 Å². The molecular formula is C8H13N3O. The fraction of sp³-hybridized carbons (Fsp3) is 0.750. The second-order valence-corrected chi connectivity index (χ2v) is 3.22. The van der Waals surface area contributed by atoms with Crippen LogP contribution in [0.3, 0.4) is 0 Å². The van der Waals surface area contributed by atoms with Gasteiger partial charge in [0.05, 0.1) is 5.92 Å². The van der Waals surface area contributed by atoms with Crippen LogP contribution in [-0.2, 0) is 0 Å². The van der Waals surface area contributed by atoms with E-state index in [4.69, 9.17) is 4.52 Å². The smallest absolute Gasteiger partial charge is 0.231 e. The van der Waals surface area contributed by atoms with Crippen molar-refractivity contribution >= 4 is 0 Å². The number of aryl methyl sites for hydroxylation is 1. The molecule has 1 saturated heterocycles. The Bertz CT molecular complexity index is 253. The fourth-order valence-electron chi connectivity index (χ4n) is 1.54. The third-order valence-corrected chi connectivity index (χ3v) is 2.19. The molecule has 4 nitrogen and oxygen atoms in total. The molecule has 0 aliphatic carbocycles. The lowest BCUT2D eigenvalue weighted by atomic mass is 10.00. The minimum Gasteiger partial charge on any atom is -0.339 e. The van der Waals surface area contributed by atoms with Gasteiger partial charge in [0, 0.05) is 6.54 Å². The molecular weight excluding hydrogens is 154 g/mol. The molecule has 4 heteroatoms. The van der Waals surface area contributed by atoms with E-state index in [1.165, 1.54) is 6.42 Å². The lowest BCUT2D eigenvalue weighted by molar-refractivity contribution is 0.321. The molecule has 1 N–H and O–H groups in total. The van der Waals surface area contributed by atoms with Gasteiger partial charge in [0.25, 0.3) is 0 Å². The monoisotopic (exact) mass is 167 g/mol. The van der Waals surface area contributed by atoms with Crippen molar-refractivity contribution in [2.45, 2.75) is 25.7 Å². The molecule has 1 atom stereocenters. The topological polar surface area (TPSA) is 51.0 Å².